The molecule has 7 heteroatoms. The van der Waals surface area contributed by atoms with E-state index in [1.807, 2.05) is 31.4 Å². The Kier molecular flexibility index (Phi) is 6.28. The molecule has 0 saturated carbocycles. The predicted molar refractivity (Wildman–Crippen MR) is 124 cm³/mol. The van der Waals surface area contributed by atoms with E-state index < -0.39 is 17.7 Å². The van der Waals surface area contributed by atoms with Crippen LogP contribution in [0.5, 0.6) is 11.5 Å². The Morgan fingerprint density at radius 1 is 0.969 bits per heavy atom. The molecule has 1 aliphatic heterocycles. The van der Waals surface area contributed by atoms with Crippen molar-refractivity contribution in [1.82, 2.24) is 0 Å². The number of rotatable bonds is 7. The number of aliphatic hydroxyl groups is 1. The van der Waals surface area contributed by atoms with Crippen molar-refractivity contribution in [2.45, 2.75) is 19.9 Å². The molecule has 0 radical (unpaired) electrons. The number of nitrogens with zero attached hydrogens (tertiary/aromatic N) is 1. The summed E-state index contributed by atoms with van der Waals surface area (Å²) >= 11 is 1.42. The van der Waals surface area contributed by atoms with Crippen LogP contribution in [0.25, 0.3) is 5.76 Å². The average molecular weight is 450 g/mol. The fourth-order valence-corrected chi connectivity index (χ4v) is 4.58. The molecule has 1 fully saturated rings. The Labute approximate surface area is 190 Å². The highest BCUT2D eigenvalue weighted by atomic mass is 32.1. The van der Waals surface area contributed by atoms with Crippen LogP contribution in [0.1, 0.15) is 30.3 Å². The number of thiophene rings is 1. The molecule has 32 heavy (non-hydrogen) atoms. The van der Waals surface area contributed by atoms with Crippen LogP contribution < -0.4 is 14.4 Å². The second-order valence-electron chi connectivity index (χ2n) is 7.08. The number of hydrogen-bond acceptors (Lipinski definition) is 6. The standard InChI is InChI=1S/C25H23NO5S/c1-3-30-18-10-5-8-16(14-18)23(27)21-22(20-12-7-13-32-20)26(25(29)24(21)28)17-9-6-11-19(15-17)31-4-2/h5-15,22,27H,3-4H2,1-2H3/b23-21-. The minimum absolute atomic E-state index is 0.0490. The Balaban J connectivity index is 1.87. The molecule has 4 rings (SSSR count). The predicted octanol–water partition coefficient (Wildman–Crippen LogP) is 5.17. The van der Waals surface area contributed by atoms with E-state index in [4.69, 9.17) is 9.47 Å². The van der Waals surface area contributed by atoms with Crippen LogP contribution in [0, 0.1) is 0 Å². The molecule has 1 atom stereocenters. The molecule has 1 aliphatic rings. The van der Waals surface area contributed by atoms with Crippen molar-refractivity contribution in [2.75, 3.05) is 18.1 Å². The first-order valence-corrected chi connectivity index (χ1v) is 11.2. The van der Waals surface area contributed by atoms with Crippen molar-refractivity contribution in [3.63, 3.8) is 0 Å². The van der Waals surface area contributed by atoms with Crippen LogP contribution in [-0.4, -0.2) is 30.0 Å². The fourth-order valence-electron chi connectivity index (χ4n) is 3.76. The minimum Gasteiger partial charge on any atom is -0.507 e. The first-order chi connectivity index (χ1) is 15.5. The van der Waals surface area contributed by atoms with Crippen molar-refractivity contribution in [3.05, 3.63) is 82.1 Å². The van der Waals surface area contributed by atoms with Gasteiger partial charge in [0.1, 0.15) is 23.3 Å². The zero-order chi connectivity index (χ0) is 22.7. The molecular weight excluding hydrogens is 426 g/mol. The molecule has 2 heterocycles. The van der Waals surface area contributed by atoms with Crippen molar-refractivity contribution < 1.29 is 24.2 Å². The zero-order valence-corrected chi connectivity index (χ0v) is 18.6. The van der Waals surface area contributed by atoms with Gasteiger partial charge in [0.2, 0.25) is 0 Å². The lowest BCUT2D eigenvalue weighted by molar-refractivity contribution is -0.132. The number of carbonyl (C=O) groups excluding carboxylic acids is 2. The first-order valence-electron chi connectivity index (χ1n) is 10.4. The normalized spacial score (nSPS) is 17.6. The molecule has 0 spiro atoms. The summed E-state index contributed by atoms with van der Waals surface area (Å²) in [5, 5.41) is 13.1. The molecule has 1 N–H and O–H groups in total. The maximum atomic E-state index is 13.2. The van der Waals surface area contributed by atoms with Gasteiger partial charge in [0.25, 0.3) is 11.7 Å². The van der Waals surface area contributed by atoms with E-state index in [-0.39, 0.29) is 11.3 Å². The van der Waals surface area contributed by atoms with Crippen molar-refractivity contribution in [1.29, 1.82) is 0 Å². The van der Waals surface area contributed by atoms with Crippen molar-refractivity contribution >= 4 is 34.5 Å². The summed E-state index contributed by atoms with van der Waals surface area (Å²) in [5.74, 6) is -0.486. The molecule has 0 bridgehead atoms. The topological polar surface area (TPSA) is 76.1 Å². The Hall–Kier alpha value is -3.58. The Morgan fingerprint density at radius 2 is 1.66 bits per heavy atom. The second kappa shape index (κ2) is 9.28. The monoisotopic (exact) mass is 449 g/mol. The number of aliphatic hydroxyl groups excluding tert-OH is 1. The average Bonchev–Trinajstić information content (AvgIpc) is 3.41. The third-order valence-corrected chi connectivity index (χ3v) is 6.01. The maximum absolute atomic E-state index is 13.2. The van der Waals surface area contributed by atoms with Crippen molar-refractivity contribution in [3.8, 4) is 11.5 Å². The van der Waals surface area contributed by atoms with Crippen LogP contribution in [0.2, 0.25) is 0 Å². The molecule has 164 valence electrons. The molecule has 1 aromatic heterocycles. The number of ketones is 1. The van der Waals surface area contributed by atoms with Gasteiger partial charge in [-0.25, -0.2) is 0 Å². The number of benzene rings is 2. The minimum atomic E-state index is -0.748. The highest BCUT2D eigenvalue weighted by Gasteiger charge is 2.47. The second-order valence-corrected chi connectivity index (χ2v) is 8.06. The van der Waals surface area contributed by atoms with Crippen LogP contribution >= 0.6 is 11.3 Å². The van der Waals surface area contributed by atoms with E-state index >= 15 is 0 Å². The first kappa shape index (κ1) is 21.6. The molecular formula is C25H23NO5S. The lowest BCUT2D eigenvalue weighted by Crippen LogP contribution is -2.29. The fraction of sp³-hybridized carbons (Fsp3) is 0.200. The Morgan fingerprint density at radius 3 is 2.31 bits per heavy atom. The third kappa shape index (κ3) is 3.99. The number of Topliss-reactive ketones (excluding diaryl/α,β-unsaturated/α-hetero) is 1. The smallest absolute Gasteiger partial charge is 0.300 e. The van der Waals surface area contributed by atoms with Gasteiger partial charge in [-0.15, -0.1) is 11.3 Å². The number of ether oxygens (including phenoxy) is 2. The van der Waals surface area contributed by atoms with Crippen LogP contribution in [0.4, 0.5) is 5.69 Å². The molecule has 6 nitrogen and oxygen atoms in total. The van der Waals surface area contributed by atoms with Crippen molar-refractivity contribution in [2.24, 2.45) is 0 Å². The van der Waals surface area contributed by atoms with Gasteiger partial charge < -0.3 is 14.6 Å². The highest BCUT2D eigenvalue weighted by Crippen LogP contribution is 2.44. The quantitative estimate of drug-likeness (QED) is 0.306. The molecule has 1 unspecified atom stereocenters. The number of hydrogen-bond donors (Lipinski definition) is 1. The third-order valence-electron chi connectivity index (χ3n) is 5.08. The van der Waals surface area contributed by atoms with Crippen LogP contribution in [0.15, 0.2) is 71.6 Å². The molecule has 1 saturated heterocycles. The number of carbonyl (C=O) groups is 2. The number of anilines is 1. The van der Waals surface area contributed by atoms with Gasteiger partial charge in [-0.1, -0.05) is 24.3 Å². The van der Waals surface area contributed by atoms with Crippen LogP contribution in [-0.2, 0) is 9.59 Å². The van der Waals surface area contributed by atoms with Gasteiger partial charge >= 0.3 is 0 Å². The van der Waals surface area contributed by atoms with E-state index in [0.717, 1.165) is 4.88 Å². The Bertz CT molecular complexity index is 1170. The van der Waals surface area contributed by atoms with Gasteiger partial charge in [-0.05, 0) is 49.6 Å². The summed E-state index contributed by atoms with van der Waals surface area (Å²) < 4.78 is 11.1. The van der Waals surface area contributed by atoms with E-state index in [2.05, 4.69) is 0 Å². The summed E-state index contributed by atoms with van der Waals surface area (Å²) in [5.41, 5.74) is 0.991. The van der Waals surface area contributed by atoms with E-state index in [9.17, 15) is 14.7 Å². The molecule has 2 aromatic carbocycles. The lowest BCUT2D eigenvalue weighted by Gasteiger charge is -2.24. The van der Waals surface area contributed by atoms with Gasteiger partial charge in [0.15, 0.2) is 0 Å². The van der Waals surface area contributed by atoms with Gasteiger partial charge in [-0.3, -0.25) is 14.5 Å². The maximum Gasteiger partial charge on any atom is 0.300 e. The summed E-state index contributed by atoms with van der Waals surface area (Å²) in [6, 6.07) is 16.9. The molecule has 1 amide bonds. The van der Waals surface area contributed by atoms with E-state index in [0.29, 0.717) is 36.0 Å². The van der Waals surface area contributed by atoms with Gasteiger partial charge in [0, 0.05) is 22.2 Å². The summed E-state index contributed by atoms with van der Waals surface area (Å²) in [6.07, 6.45) is 0. The highest BCUT2D eigenvalue weighted by molar-refractivity contribution is 7.10. The summed E-state index contributed by atoms with van der Waals surface area (Å²) in [4.78, 5) is 28.5. The number of amides is 1. The lowest BCUT2D eigenvalue weighted by atomic mass is 9.99. The van der Waals surface area contributed by atoms with Gasteiger partial charge in [-0.2, -0.15) is 0 Å². The zero-order valence-electron chi connectivity index (χ0n) is 17.8. The van der Waals surface area contributed by atoms with E-state index in [1.54, 1.807) is 48.5 Å². The van der Waals surface area contributed by atoms with Crippen LogP contribution in [0.3, 0.4) is 0 Å². The largest absolute Gasteiger partial charge is 0.507 e. The SMILES string of the molecule is CCOc1cccc(/C(O)=C2/C(=O)C(=O)N(c3cccc(OCC)c3)C2c2cccs2)c1. The van der Waals surface area contributed by atoms with Gasteiger partial charge in [0.05, 0.1) is 18.8 Å². The molecule has 0 aliphatic carbocycles. The van der Waals surface area contributed by atoms with E-state index in [1.165, 1.54) is 16.2 Å². The molecule has 3 aromatic rings. The summed E-state index contributed by atoms with van der Waals surface area (Å²) in [6.45, 7) is 4.69. The summed E-state index contributed by atoms with van der Waals surface area (Å²) in [7, 11) is 0.